The zero-order chi connectivity index (χ0) is 18.6. The maximum atomic E-state index is 12.6. The Balaban J connectivity index is 1.89. The molecule has 0 aliphatic heterocycles. The monoisotopic (exact) mass is 348 g/mol. The molecule has 0 bridgehead atoms. The summed E-state index contributed by atoms with van der Waals surface area (Å²) in [5, 5.41) is 14.1. The molecule has 0 saturated carbocycles. The number of aryl methyl sites for hydroxylation is 2. The number of hydrogen-bond donors (Lipinski definition) is 2. The molecule has 0 unspecified atom stereocenters. The summed E-state index contributed by atoms with van der Waals surface area (Å²) >= 11 is 0. The lowest BCUT2D eigenvalue weighted by molar-refractivity contribution is 0.103. The standard InChI is InChI=1S/C23H28N2O/c24-17-5-1-3-7-19-9-13-21(14-10-19)23(26)22-15-11-20(12-16-22)8-4-2-6-18-25/h9-18,24-25H,1-8H2. The van der Waals surface area contributed by atoms with Crippen LogP contribution in [0.1, 0.15) is 65.6 Å². The predicted molar refractivity (Wildman–Crippen MR) is 109 cm³/mol. The molecule has 136 valence electrons. The van der Waals surface area contributed by atoms with Gasteiger partial charge in [0.1, 0.15) is 0 Å². The van der Waals surface area contributed by atoms with Crippen LogP contribution in [0.2, 0.25) is 0 Å². The average molecular weight is 348 g/mol. The molecule has 2 aromatic rings. The highest BCUT2D eigenvalue weighted by Crippen LogP contribution is 2.15. The molecule has 0 fully saturated rings. The van der Waals surface area contributed by atoms with Gasteiger partial charge in [-0.25, -0.2) is 0 Å². The molecule has 0 radical (unpaired) electrons. The Bertz CT molecular complexity index is 640. The van der Waals surface area contributed by atoms with E-state index in [0.717, 1.165) is 62.5 Å². The molecule has 3 nitrogen and oxygen atoms in total. The van der Waals surface area contributed by atoms with E-state index in [0.29, 0.717) is 0 Å². The zero-order valence-electron chi connectivity index (χ0n) is 15.3. The van der Waals surface area contributed by atoms with E-state index in [4.69, 9.17) is 10.8 Å². The molecule has 2 aromatic carbocycles. The number of nitrogens with one attached hydrogen (secondary N) is 2. The van der Waals surface area contributed by atoms with Crippen LogP contribution in [0.5, 0.6) is 0 Å². The Morgan fingerprint density at radius 2 is 1.04 bits per heavy atom. The van der Waals surface area contributed by atoms with Gasteiger partial charge < -0.3 is 10.8 Å². The number of ketones is 1. The van der Waals surface area contributed by atoms with Crippen molar-refractivity contribution in [3.63, 3.8) is 0 Å². The van der Waals surface area contributed by atoms with E-state index in [1.807, 2.05) is 48.5 Å². The van der Waals surface area contributed by atoms with Crippen molar-refractivity contribution in [2.24, 2.45) is 0 Å². The average Bonchev–Trinajstić information content (AvgIpc) is 2.69. The van der Waals surface area contributed by atoms with Gasteiger partial charge in [-0.3, -0.25) is 4.79 Å². The van der Waals surface area contributed by atoms with Crippen LogP contribution in [0, 0.1) is 10.8 Å². The second kappa shape index (κ2) is 11.1. The van der Waals surface area contributed by atoms with Crippen molar-refractivity contribution >= 4 is 18.2 Å². The van der Waals surface area contributed by atoms with Gasteiger partial charge in [0.05, 0.1) is 0 Å². The first-order chi connectivity index (χ1) is 12.7. The Labute approximate surface area is 156 Å². The van der Waals surface area contributed by atoms with E-state index in [-0.39, 0.29) is 5.78 Å². The third-order valence-electron chi connectivity index (χ3n) is 4.56. The highest BCUT2D eigenvalue weighted by atomic mass is 16.1. The fourth-order valence-electron chi connectivity index (χ4n) is 2.96. The number of unbranched alkanes of at least 4 members (excludes halogenated alkanes) is 4. The van der Waals surface area contributed by atoms with Crippen molar-refractivity contribution in [2.75, 3.05) is 0 Å². The first-order valence-corrected chi connectivity index (χ1v) is 9.45. The normalized spacial score (nSPS) is 10.5. The number of carbonyl (C=O) groups is 1. The van der Waals surface area contributed by atoms with Crippen molar-refractivity contribution in [3.8, 4) is 0 Å². The summed E-state index contributed by atoms with van der Waals surface area (Å²) in [6.07, 6.45) is 10.8. The smallest absolute Gasteiger partial charge is 0.193 e. The minimum absolute atomic E-state index is 0.0655. The van der Waals surface area contributed by atoms with Crippen molar-refractivity contribution < 1.29 is 4.79 Å². The van der Waals surface area contributed by atoms with Crippen LogP contribution in [-0.2, 0) is 12.8 Å². The number of carbonyl (C=O) groups excluding carboxylic acids is 1. The van der Waals surface area contributed by atoms with Gasteiger partial charge in [-0.1, -0.05) is 48.5 Å². The van der Waals surface area contributed by atoms with E-state index >= 15 is 0 Å². The lowest BCUT2D eigenvalue weighted by atomic mass is 9.98. The fraction of sp³-hybridized carbons (Fsp3) is 0.348. The number of rotatable bonds is 12. The minimum atomic E-state index is 0.0655. The first kappa shape index (κ1) is 19.8. The molecule has 0 spiro atoms. The van der Waals surface area contributed by atoms with Gasteiger partial charge >= 0.3 is 0 Å². The topological polar surface area (TPSA) is 64.8 Å². The molecule has 0 saturated heterocycles. The summed E-state index contributed by atoms with van der Waals surface area (Å²) in [7, 11) is 0. The Morgan fingerprint density at radius 1 is 0.654 bits per heavy atom. The molecule has 2 N–H and O–H groups in total. The van der Waals surface area contributed by atoms with E-state index in [9.17, 15) is 4.79 Å². The van der Waals surface area contributed by atoms with Crippen LogP contribution in [-0.4, -0.2) is 18.2 Å². The SMILES string of the molecule is N=CCCCCc1ccc(C(=O)c2ccc(CCCCC=N)cc2)cc1. The van der Waals surface area contributed by atoms with Crippen LogP contribution in [0.15, 0.2) is 48.5 Å². The van der Waals surface area contributed by atoms with E-state index in [1.165, 1.54) is 23.6 Å². The van der Waals surface area contributed by atoms with Crippen LogP contribution in [0.25, 0.3) is 0 Å². The largest absolute Gasteiger partial charge is 0.313 e. The number of hydrogen-bond acceptors (Lipinski definition) is 3. The Kier molecular flexibility index (Phi) is 8.47. The number of benzene rings is 2. The molecule has 3 heteroatoms. The molecule has 0 aliphatic rings. The van der Waals surface area contributed by atoms with Crippen LogP contribution < -0.4 is 0 Å². The summed E-state index contributed by atoms with van der Waals surface area (Å²) < 4.78 is 0. The molecule has 0 atom stereocenters. The van der Waals surface area contributed by atoms with Gasteiger partial charge in [0.2, 0.25) is 0 Å². The lowest BCUT2D eigenvalue weighted by Crippen LogP contribution is -2.02. The minimum Gasteiger partial charge on any atom is -0.313 e. The van der Waals surface area contributed by atoms with Crippen LogP contribution in [0.4, 0.5) is 0 Å². The molecule has 0 amide bonds. The maximum Gasteiger partial charge on any atom is 0.193 e. The van der Waals surface area contributed by atoms with E-state index in [2.05, 4.69) is 0 Å². The molecular weight excluding hydrogens is 320 g/mol. The lowest BCUT2D eigenvalue weighted by Gasteiger charge is -2.06. The van der Waals surface area contributed by atoms with Crippen molar-refractivity contribution in [1.82, 2.24) is 0 Å². The highest BCUT2D eigenvalue weighted by Gasteiger charge is 2.09. The maximum absolute atomic E-state index is 12.6. The summed E-state index contributed by atoms with van der Waals surface area (Å²) in [4.78, 5) is 12.6. The quantitative estimate of drug-likeness (QED) is 0.291. The van der Waals surface area contributed by atoms with E-state index < -0.39 is 0 Å². The fourth-order valence-corrected chi connectivity index (χ4v) is 2.96. The van der Waals surface area contributed by atoms with Gasteiger partial charge in [-0.05, 0) is 74.9 Å². The van der Waals surface area contributed by atoms with Crippen molar-refractivity contribution in [3.05, 3.63) is 70.8 Å². The van der Waals surface area contributed by atoms with Crippen molar-refractivity contribution in [2.45, 2.75) is 51.4 Å². The second-order valence-corrected chi connectivity index (χ2v) is 6.62. The molecular formula is C23H28N2O. The van der Waals surface area contributed by atoms with Gasteiger partial charge in [0, 0.05) is 11.1 Å². The Hall–Kier alpha value is -2.55. The van der Waals surface area contributed by atoms with Gasteiger partial charge in [0.15, 0.2) is 5.78 Å². The summed E-state index contributed by atoms with van der Waals surface area (Å²) in [5.74, 6) is 0.0655. The summed E-state index contributed by atoms with van der Waals surface area (Å²) in [6.45, 7) is 0. The summed E-state index contributed by atoms with van der Waals surface area (Å²) in [5.41, 5.74) is 3.94. The molecule has 0 heterocycles. The van der Waals surface area contributed by atoms with Gasteiger partial charge in [-0.2, -0.15) is 0 Å². The zero-order valence-corrected chi connectivity index (χ0v) is 15.3. The highest BCUT2D eigenvalue weighted by molar-refractivity contribution is 6.08. The molecule has 0 aliphatic carbocycles. The molecule has 0 aromatic heterocycles. The Morgan fingerprint density at radius 3 is 1.38 bits per heavy atom. The molecule has 26 heavy (non-hydrogen) atoms. The summed E-state index contributed by atoms with van der Waals surface area (Å²) in [6, 6.07) is 15.8. The van der Waals surface area contributed by atoms with E-state index in [1.54, 1.807) is 0 Å². The molecule has 2 rings (SSSR count). The van der Waals surface area contributed by atoms with Gasteiger partial charge in [0.25, 0.3) is 0 Å². The predicted octanol–water partition coefficient (Wildman–Crippen LogP) is 5.64. The van der Waals surface area contributed by atoms with Crippen molar-refractivity contribution in [1.29, 1.82) is 10.8 Å². The van der Waals surface area contributed by atoms with Crippen LogP contribution in [0.3, 0.4) is 0 Å². The second-order valence-electron chi connectivity index (χ2n) is 6.62. The third kappa shape index (κ3) is 6.40. The first-order valence-electron chi connectivity index (χ1n) is 9.45. The van der Waals surface area contributed by atoms with Crippen LogP contribution >= 0.6 is 0 Å². The third-order valence-corrected chi connectivity index (χ3v) is 4.56. The van der Waals surface area contributed by atoms with Gasteiger partial charge in [-0.15, -0.1) is 0 Å².